The van der Waals surface area contributed by atoms with Gasteiger partial charge in [0.05, 0.1) is 0 Å². The molecule has 0 spiro atoms. The summed E-state index contributed by atoms with van der Waals surface area (Å²) in [7, 11) is 0. The van der Waals surface area contributed by atoms with Gasteiger partial charge in [0, 0.05) is 26.2 Å². The van der Waals surface area contributed by atoms with Crippen LogP contribution in [-0.4, -0.2) is 44.2 Å². The lowest BCUT2D eigenvalue weighted by atomic mass is 10.1. The minimum atomic E-state index is 0.750. The van der Waals surface area contributed by atoms with E-state index in [1.165, 1.54) is 96.9 Å². The summed E-state index contributed by atoms with van der Waals surface area (Å²) in [6.07, 6.45) is 14.4. The van der Waals surface area contributed by atoms with Crippen molar-refractivity contribution in [3.63, 3.8) is 0 Å². The van der Waals surface area contributed by atoms with E-state index in [-0.39, 0.29) is 0 Å². The van der Waals surface area contributed by atoms with E-state index in [4.69, 9.17) is 5.73 Å². The molecule has 0 radical (unpaired) electrons. The molecule has 0 bridgehead atoms. The summed E-state index contributed by atoms with van der Waals surface area (Å²) in [5.74, 6) is 0. The Morgan fingerprint density at radius 2 is 1.19 bits per heavy atom. The Bertz CT molecular complexity index is 179. The molecule has 0 aliphatic carbocycles. The standard InChI is InChI=1S/C16H34N2.C2H7N/c1-2-3-4-5-6-7-8-9-10-11-14-18-15-12-17-13-16-18;1-2-3/h17H,2-16H2,1H3;2-3H2,1H3. The predicted molar refractivity (Wildman–Crippen MR) is 95.9 cm³/mol. The van der Waals surface area contributed by atoms with E-state index in [9.17, 15) is 0 Å². The lowest BCUT2D eigenvalue weighted by Crippen LogP contribution is -2.43. The van der Waals surface area contributed by atoms with Crippen molar-refractivity contribution in [2.45, 2.75) is 78.1 Å². The Hall–Kier alpha value is -0.120. The van der Waals surface area contributed by atoms with Gasteiger partial charge in [-0.05, 0) is 19.5 Å². The van der Waals surface area contributed by atoms with Crippen LogP contribution in [-0.2, 0) is 0 Å². The van der Waals surface area contributed by atoms with Gasteiger partial charge in [0.1, 0.15) is 0 Å². The Kier molecular flexibility index (Phi) is 17.8. The first-order valence-corrected chi connectivity index (χ1v) is 9.48. The van der Waals surface area contributed by atoms with Gasteiger partial charge in [-0.15, -0.1) is 0 Å². The summed E-state index contributed by atoms with van der Waals surface area (Å²) in [5, 5.41) is 3.41. The van der Waals surface area contributed by atoms with Crippen LogP contribution in [0.3, 0.4) is 0 Å². The lowest BCUT2D eigenvalue weighted by molar-refractivity contribution is 0.236. The maximum Gasteiger partial charge on any atom is 0.0107 e. The molecule has 3 heteroatoms. The van der Waals surface area contributed by atoms with E-state index in [1.807, 2.05) is 6.92 Å². The fourth-order valence-electron chi connectivity index (χ4n) is 2.76. The third-order valence-electron chi connectivity index (χ3n) is 4.04. The number of unbranched alkanes of at least 4 members (excludes halogenated alkanes) is 9. The Morgan fingerprint density at radius 3 is 1.67 bits per heavy atom. The summed E-state index contributed by atoms with van der Waals surface area (Å²) in [5.41, 5.74) is 4.85. The second kappa shape index (κ2) is 17.9. The molecular formula is C18H41N3. The highest BCUT2D eigenvalue weighted by atomic mass is 15.2. The first-order valence-electron chi connectivity index (χ1n) is 9.48. The average molecular weight is 300 g/mol. The minimum absolute atomic E-state index is 0.750. The molecule has 3 N–H and O–H groups in total. The molecule has 3 nitrogen and oxygen atoms in total. The average Bonchev–Trinajstić information content (AvgIpc) is 2.51. The van der Waals surface area contributed by atoms with Crippen LogP contribution in [0.15, 0.2) is 0 Å². The number of hydrogen-bond acceptors (Lipinski definition) is 3. The molecule has 21 heavy (non-hydrogen) atoms. The fraction of sp³-hybridized carbons (Fsp3) is 1.00. The van der Waals surface area contributed by atoms with Gasteiger partial charge >= 0.3 is 0 Å². The van der Waals surface area contributed by atoms with Gasteiger partial charge in [-0.1, -0.05) is 71.6 Å². The van der Waals surface area contributed by atoms with Crippen molar-refractivity contribution in [1.82, 2.24) is 10.2 Å². The third kappa shape index (κ3) is 16.1. The predicted octanol–water partition coefficient (Wildman–Crippen LogP) is 3.78. The van der Waals surface area contributed by atoms with Crippen molar-refractivity contribution < 1.29 is 0 Å². The number of rotatable bonds is 11. The van der Waals surface area contributed by atoms with Crippen LogP contribution in [0.4, 0.5) is 0 Å². The molecule has 1 aliphatic rings. The molecule has 1 rings (SSSR count). The highest BCUT2D eigenvalue weighted by Crippen LogP contribution is 2.10. The van der Waals surface area contributed by atoms with Crippen LogP contribution < -0.4 is 11.1 Å². The SMILES string of the molecule is CCCCCCCCCCCCN1CCNCC1.CCN. The molecule has 0 amide bonds. The van der Waals surface area contributed by atoms with Crippen molar-refractivity contribution >= 4 is 0 Å². The summed E-state index contributed by atoms with van der Waals surface area (Å²) < 4.78 is 0. The van der Waals surface area contributed by atoms with Gasteiger partial charge in [-0.2, -0.15) is 0 Å². The van der Waals surface area contributed by atoms with Gasteiger partial charge in [-0.3, -0.25) is 0 Å². The number of nitrogens with zero attached hydrogens (tertiary/aromatic N) is 1. The zero-order valence-electron chi connectivity index (χ0n) is 14.8. The molecule has 0 unspecified atom stereocenters. The molecule has 1 fully saturated rings. The van der Waals surface area contributed by atoms with Crippen LogP contribution in [0, 0.1) is 0 Å². The summed E-state index contributed by atoms with van der Waals surface area (Å²) in [4.78, 5) is 2.61. The Labute approximate surface area is 134 Å². The monoisotopic (exact) mass is 299 g/mol. The van der Waals surface area contributed by atoms with E-state index < -0.39 is 0 Å². The highest BCUT2D eigenvalue weighted by molar-refractivity contribution is 4.67. The van der Waals surface area contributed by atoms with E-state index >= 15 is 0 Å². The number of hydrogen-bond donors (Lipinski definition) is 2. The van der Waals surface area contributed by atoms with Crippen LogP contribution in [0.5, 0.6) is 0 Å². The summed E-state index contributed by atoms with van der Waals surface area (Å²) in [6.45, 7) is 11.2. The Morgan fingerprint density at radius 1 is 0.762 bits per heavy atom. The fourth-order valence-corrected chi connectivity index (χ4v) is 2.76. The first kappa shape index (κ1) is 20.9. The van der Waals surface area contributed by atoms with Crippen LogP contribution in [0.2, 0.25) is 0 Å². The first-order chi connectivity index (χ1) is 10.3. The number of piperazine rings is 1. The molecular weight excluding hydrogens is 258 g/mol. The molecule has 0 aromatic heterocycles. The minimum Gasteiger partial charge on any atom is -0.331 e. The molecule has 0 atom stereocenters. The van der Waals surface area contributed by atoms with Crippen LogP contribution >= 0.6 is 0 Å². The maximum atomic E-state index is 4.85. The second-order valence-corrected chi connectivity index (χ2v) is 6.18. The van der Waals surface area contributed by atoms with Crippen LogP contribution in [0.25, 0.3) is 0 Å². The van der Waals surface area contributed by atoms with Crippen molar-refractivity contribution in [3.8, 4) is 0 Å². The molecule has 1 heterocycles. The second-order valence-electron chi connectivity index (χ2n) is 6.18. The van der Waals surface area contributed by atoms with E-state index in [0.717, 1.165) is 6.54 Å². The van der Waals surface area contributed by atoms with Gasteiger partial charge < -0.3 is 16.0 Å². The molecule has 0 aromatic rings. The van der Waals surface area contributed by atoms with Crippen molar-refractivity contribution in [3.05, 3.63) is 0 Å². The van der Waals surface area contributed by atoms with Gasteiger partial charge in [0.25, 0.3) is 0 Å². The highest BCUT2D eigenvalue weighted by Gasteiger charge is 2.07. The quantitative estimate of drug-likeness (QED) is 0.571. The zero-order valence-corrected chi connectivity index (χ0v) is 14.8. The molecule has 1 saturated heterocycles. The number of nitrogens with one attached hydrogen (secondary N) is 1. The molecule has 0 aromatic carbocycles. The van der Waals surface area contributed by atoms with Gasteiger partial charge in [-0.25, -0.2) is 0 Å². The van der Waals surface area contributed by atoms with E-state index in [2.05, 4.69) is 17.1 Å². The van der Waals surface area contributed by atoms with Crippen LogP contribution in [0.1, 0.15) is 78.1 Å². The smallest absolute Gasteiger partial charge is 0.0107 e. The maximum absolute atomic E-state index is 4.85. The normalized spacial score (nSPS) is 15.6. The zero-order chi connectivity index (χ0) is 15.6. The third-order valence-corrected chi connectivity index (χ3v) is 4.04. The molecule has 0 saturated carbocycles. The largest absolute Gasteiger partial charge is 0.331 e. The van der Waals surface area contributed by atoms with Crippen molar-refractivity contribution in [2.75, 3.05) is 39.3 Å². The van der Waals surface area contributed by atoms with Crippen molar-refractivity contribution in [2.24, 2.45) is 5.73 Å². The van der Waals surface area contributed by atoms with Gasteiger partial charge in [0.15, 0.2) is 0 Å². The van der Waals surface area contributed by atoms with E-state index in [0.29, 0.717) is 0 Å². The Balaban J connectivity index is 0.00000122. The lowest BCUT2D eigenvalue weighted by Gasteiger charge is -2.27. The molecule has 1 aliphatic heterocycles. The van der Waals surface area contributed by atoms with Crippen molar-refractivity contribution in [1.29, 1.82) is 0 Å². The molecule has 128 valence electrons. The summed E-state index contributed by atoms with van der Waals surface area (Å²) in [6, 6.07) is 0. The topological polar surface area (TPSA) is 41.3 Å². The van der Waals surface area contributed by atoms with Gasteiger partial charge in [0.2, 0.25) is 0 Å². The summed E-state index contributed by atoms with van der Waals surface area (Å²) >= 11 is 0. The number of nitrogens with two attached hydrogens (primary N) is 1. The van der Waals surface area contributed by atoms with E-state index in [1.54, 1.807) is 0 Å².